The van der Waals surface area contributed by atoms with Gasteiger partial charge >= 0.3 is 5.97 Å². The number of hydrogen-bond acceptors (Lipinski definition) is 5. The lowest BCUT2D eigenvalue weighted by Gasteiger charge is -2.21. The van der Waals surface area contributed by atoms with Gasteiger partial charge in [-0.3, -0.25) is 19.2 Å². The lowest BCUT2D eigenvalue weighted by molar-refractivity contribution is -0.145. The lowest BCUT2D eigenvalue weighted by Crippen LogP contribution is -2.38. The molecule has 0 unspecified atom stereocenters. The number of Topliss-reactive ketones (excluding diaryl/α,β-unsaturated/α-hetero) is 1. The van der Waals surface area contributed by atoms with Crippen LogP contribution in [-0.4, -0.2) is 58.8 Å². The second-order valence-corrected chi connectivity index (χ2v) is 7.07. The maximum atomic E-state index is 13.7. The van der Waals surface area contributed by atoms with Gasteiger partial charge in [0.15, 0.2) is 5.78 Å². The Morgan fingerprint density at radius 3 is 2.84 bits per heavy atom. The highest BCUT2D eigenvalue weighted by Crippen LogP contribution is 2.25. The summed E-state index contributed by atoms with van der Waals surface area (Å²) in [7, 11) is 1.31. The second kappa shape index (κ2) is 7.21. The summed E-state index contributed by atoms with van der Waals surface area (Å²) in [5, 5.41) is 5.18. The molecule has 0 aliphatic carbocycles. The fourth-order valence-corrected chi connectivity index (χ4v) is 3.64. The predicted molar refractivity (Wildman–Crippen MR) is 94.3 cm³/mol. The molecule has 2 aromatic rings. The van der Waals surface area contributed by atoms with Crippen molar-refractivity contribution in [1.82, 2.24) is 14.7 Å². The zero-order valence-electron chi connectivity index (χ0n) is 14.0. The summed E-state index contributed by atoms with van der Waals surface area (Å²) in [6.07, 6.45) is -0.889. The van der Waals surface area contributed by atoms with Gasteiger partial charge in [-0.25, -0.2) is 4.39 Å². The van der Waals surface area contributed by atoms with Crippen molar-refractivity contribution in [3.8, 4) is 0 Å². The number of carbonyl (C=O) groups is 2. The van der Waals surface area contributed by atoms with Gasteiger partial charge in [0.1, 0.15) is 17.9 Å². The van der Waals surface area contributed by atoms with E-state index in [4.69, 9.17) is 4.74 Å². The molecule has 1 aromatic carbocycles. The van der Waals surface area contributed by atoms with Crippen LogP contribution >= 0.6 is 15.9 Å². The fraction of sp³-hybridized carbons (Fsp3) is 0.471. The zero-order chi connectivity index (χ0) is 18.1. The van der Waals surface area contributed by atoms with Crippen LogP contribution in [0, 0.1) is 0 Å². The van der Waals surface area contributed by atoms with E-state index in [1.165, 1.54) is 14.0 Å². The first-order valence-corrected chi connectivity index (χ1v) is 8.83. The average Bonchev–Trinajstić information content (AvgIpc) is 3.12. The van der Waals surface area contributed by atoms with E-state index in [0.717, 1.165) is 15.4 Å². The number of halogens is 2. The average molecular weight is 412 g/mol. The molecule has 1 aromatic heterocycles. The standard InChI is InChI=1S/C17H19BrFN3O3/c1-10(23)16-13-7-11(18)3-4-14(13)22(20-16)6-5-21-9-12(19)8-15(21)17(24)25-2/h3-4,7,12,15H,5-6,8-9H2,1-2H3/t12-,15+/m1/s1. The summed E-state index contributed by atoms with van der Waals surface area (Å²) < 4.78 is 21.1. The minimum absolute atomic E-state index is 0.112. The van der Waals surface area contributed by atoms with Gasteiger partial charge in [0, 0.05) is 36.3 Å². The number of ketones is 1. The van der Waals surface area contributed by atoms with Crippen LogP contribution in [0.2, 0.25) is 0 Å². The Morgan fingerprint density at radius 1 is 1.40 bits per heavy atom. The largest absolute Gasteiger partial charge is 0.468 e. The number of ether oxygens (including phenoxy) is 1. The summed E-state index contributed by atoms with van der Waals surface area (Å²) in [4.78, 5) is 25.5. The molecule has 0 spiro atoms. The van der Waals surface area contributed by atoms with E-state index in [0.29, 0.717) is 18.8 Å². The van der Waals surface area contributed by atoms with Crippen LogP contribution in [0.3, 0.4) is 0 Å². The van der Waals surface area contributed by atoms with Gasteiger partial charge in [-0.1, -0.05) is 15.9 Å². The summed E-state index contributed by atoms with van der Waals surface area (Å²) in [5.41, 5.74) is 1.24. The molecule has 0 bridgehead atoms. The first kappa shape index (κ1) is 18.0. The number of nitrogens with zero attached hydrogens (tertiary/aromatic N) is 3. The molecule has 25 heavy (non-hydrogen) atoms. The van der Waals surface area contributed by atoms with Crippen molar-refractivity contribution in [2.24, 2.45) is 0 Å². The molecule has 0 N–H and O–H groups in total. The molecule has 0 radical (unpaired) electrons. The molecule has 1 fully saturated rings. The Balaban J connectivity index is 1.84. The molecule has 1 aliphatic heterocycles. The molecule has 8 heteroatoms. The number of benzene rings is 1. The number of alkyl halides is 1. The maximum absolute atomic E-state index is 13.7. The van der Waals surface area contributed by atoms with Crippen molar-refractivity contribution in [3.05, 3.63) is 28.4 Å². The Hall–Kier alpha value is -1.80. The van der Waals surface area contributed by atoms with E-state index in [-0.39, 0.29) is 18.7 Å². The first-order chi connectivity index (χ1) is 11.9. The predicted octanol–water partition coefficient (Wildman–Crippen LogP) is 2.59. The molecule has 3 rings (SSSR count). The summed E-state index contributed by atoms with van der Waals surface area (Å²) >= 11 is 3.41. The van der Waals surface area contributed by atoms with Crippen LogP contribution in [0.4, 0.5) is 4.39 Å². The van der Waals surface area contributed by atoms with Crippen molar-refractivity contribution in [2.75, 3.05) is 20.2 Å². The Labute approximate surface area is 153 Å². The number of rotatable bonds is 5. The van der Waals surface area contributed by atoms with Gasteiger partial charge < -0.3 is 4.74 Å². The summed E-state index contributed by atoms with van der Waals surface area (Å²) in [6, 6.07) is 5.07. The van der Waals surface area contributed by atoms with Gasteiger partial charge in [-0.2, -0.15) is 5.10 Å². The topological polar surface area (TPSA) is 64.4 Å². The van der Waals surface area contributed by atoms with Gasteiger partial charge in [-0.05, 0) is 18.2 Å². The van der Waals surface area contributed by atoms with Crippen LogP contribution in [0.25, 0.3) is 10.9 Å². The molecule has 2 heterocycles. The highest BCUT2D eigenvalue weighted by molar-refractivity contribution is 9.10. The van der Waals surface area contributed by atoms with Crippen molar-refractivity contribution < 1.29 is 18.7 Å². The number of likely N-dealkylation sites (tertiary alicyclic amines) is 1. The van der Waals surface area contributed by atoms with E-state index in [9.17, 15) is 14.0 Å². The zero-order valence-corrected chi connectivity index (χ0v) is 15.6. The second-order valence-electron chi connectivity index (χ2n) is 6.16. The number of methoxy groups -OCH3 is 1. The Kier molecular flexibility index (Phi) is 5.19. The lowest BCUT2D eigenvalue weighted by atomic mass is 10.2. The Morgan fingerprint density at radius 2 is 2.16 bits per heavy atom. The van der Waals surface area contributed by atoms with Crippen LogP contribution in [0.5, 0.6) is 0 Å². The van der Waals surface area contributed by atoms with Gasteiger partial charge in [-0.15, -0.1) is 0 Å². The van der Waals surface area contributed by atoms with Crippen LogP contribution in [0.1, 0.15) is 23.8 Å². The number of aromatic nitrogens is 2. The van der Waals surface area contributed by atoms with Crippen molar-refractivity contribution in [2.45, 2.75) is 32.1 Å². The van der Waals surface area contributed by atoms with Crippen molar-refractivity contribution in [1.29, 1.82) is 0 Å². The highest BCUT2D eigenvalue weighted by atomic mass is 79.9. The molecule has 1 saturated heterocycles. The van der Waals surface area contributed by atoms with E-state index in [2.05, 4.69) is 21.0 Å². The van der Waals surface area contributed by atoms with Crippen LogP contribution in [0.15, 0.2) is 22.7 Å². The van der Waals surface area contributed by atoms with Crippen LogP contribution in [-0.2, 0) is 16.1 Å². The minimum Gasteiger partial charge on any atom is -0.468 e. The molecule has 0 amide bonds. The number of carbonyl (C=O) groups excluding carboxylic acids is 2. The quantitative estimate of drug-likeness (QED) is 0.558. The molecule has 2 atom stereocenters. The molecular formula is C17H19BrFN3O3. The normalized spacial score (nSPS) is 21.0. The van der Waals surface area contributed by atoms with E-state index >= 15 is 0 Å². The fourth-order valence-electron chi connectivity index (χ4n) is 3.28. The molecule has 6 nitrogen and oxygen atoms in total. The van der Waals surface area contributed by atoms with E-state index in [1.807, 2.05) is 18.2 Å². The van der Waals surface area contributed by atoms with Gasteiger partial charge in [0.2, 0.25) is 0 Å². The smallest absolute Gasteiger partial charge is 0.323 e. The summed E-state index contributed by atoms with van der Waals surface area (Å²) in [6.45, 7) is 2.58. The highest BCUT2D eigenvalue weighted by Gasteiger charge is 2.37. The van der Waals surface area contributed by atoms with Gasteiger partial charge in [0.05, 0.1) is 19.2 Å². The minimum atomic E-state index is -1.04. The maximum Gasteiger partial charge on any atom is 0.323 e. The molecule has 1 aliphatic rings. The van der Waals surface area contributed by atoms with Crippen LogP contribution < -0.4 is 0 Å². The number of fused-ring (bicyclic) bond motifs is 1. The Bertz CT molecular complexity index is 823. The summed E-state index contributed by atoms with van der Waals surface area (Å²) in [5.74, 6) is -0.530. The third-order valence-electron chi connectivity index (χ3n) is 4.47. The molecule has 0 saturated carbocycles. The molecular weight excluding hydrogens is 393 g/mol. The number of hydrogen-bond donors (Lipinski definition) is 0. The van der Waals surface area contributed by atoms with E-state index < -0.39 is 18.2 Å². The SMILES string of the molecule is COC(=O)[C@@H]1C[C@@H](F)CN1CCn1nc(C(C)=O)c2cc(Br)ccc21. The van der Waals surface area contributed by atoms with Gasteiger partial charge in [0.25, 0.3) is 0 Å². The van der Waals surface area contributed by atoms with Crippen molar-refractivity contribution >= 4 is 38.6 Å². The third kappa shape index (κ3) is 3.59. The van der Waals surface area contributed by atoms with E-state index in [1.54, 1.807) is 9.58 Å². The van der Waals surface area contributed by atoms with Crippen molar-refractivity contribution in [3.63, 3.8) is 0 Å². The number of esters is 1. The first-order valence-electron chi connectivity index (χ1n) is 8.03. The monoisotopic (exact) mass is 411 g/mol. The molecule has 134 valence electrons. The third-order valence-corrected chi connectivity index (χ3v) is 4.96.